The van der Waals surface area contributed by atoms with Crippen LogP contribution in [0, 0.1) is 5.21 Å². The van der Waals surface area contributed by atoms with Crippen molar-refractivity contribution in [2.45, 2.75) is 123 Å². The van der Waals surface area contributed by atoms with Gasteiger partial charge in [-0.15, -0.1) is 0 Å². The van der Waals surface area contributed by atoms with Gasteiger partial charge in [-0.3, -0.25) is 9.97 Å². The molecule has 0 rings (SSSR count). The second-order valence-electron chi connectivity index (χ2n) is 7.42. The summed E-state index contributed by atoms with van der Waals surface area (Å²) in [6, 6.07) is 0. The van der Waals surface area contributed by atoms with Gasteiger partial charge in [0.1, 0.15) is 0 Å². The van der Waals surface area contributed by atoms with E-state index >= 15 is 0 Å². The highest BCUT2D eigenvalue weighted by atomic mass is 16.5. The van der Waals surface area contributed by atoms with E-state index in [1.54, 1.807) is 0 Å². The number of carbonyl (C=O) groups is 1. The molecule has 0 aromatic carbocycles. The Morgan fingerprint density at radius 2 is 1.08 bits per heavy atom. The molecule has 0 spiro atoms. The topological polar surface area (TPSA) is 56.6 Å². The summed E-state index contributed by atoms with van der Waals surface area (Å²) in [4.78, 5) is 11.5. The first-order valence-electron chi connectivity index (χ1n) is 11.0. The number of unbranched alkanes of at least 4 members (excludes halogenated alkanes) is 14. The molecule has 4 nitrogen and oxygen atoms in total. The molecule has 25 heavy (non-hydrogen) atoms. The molecule has 0 aliphatic rings. The number of hydrogen-bond acceptors (Lipinski definition) is 2. The average molecular weight is 357 g/mol. The van der Waals surface area contributed by atoms with Gasteiger partial charge in [0.2, 0.25) is 0 Å². The van der Waals surface area contributed by atoms with Gasteiger partial charge in [-0.25, -0.2) is 5.43 Å². The van der Waals surface area contributed by atoms with E-state index in [0.717, 1.165) is 19.3 Å². The Morgan fingerprint density at radius 3 is 1.48 bits per heavy atom. The van der Waals surface area contributed by atoms with Gasteiger partial charge in [0.15, 0.2) is 0 Å². The number of hydrogen-bond donors (Lipinski definition) is 2. The van der Waals surface area contributed by atoms with Gasteiger partial charge in [0, 0.05) is 6.42 Å². The van der Waals surface area contributed by atoms with Gasteiger partial charge >= 0.3 is 0 Å². The van der Waals surface area contributed by atoms with Crippen LogP contribution in [0.25, 0.3) is 0 Å². The molecule has 0 aliphatic carbocycles. The zero-order valence-corrected chi connectivity index (χ0v) is 17.0. The minimum atomic E-state index is -0.131. The van der Waals surface area contributed by atoms with Gasteiger partial charge in [-0.1, -0.05) is 104 Å². The summed E-state index contributed by atoms with van der Waals surface area (Å²) in [5.74, 6) is -0.104. The third kappa shape index (κ3) is 19.6. The van der Waals surface area contributed by atoms with Crippen LogP contribution in [0.15, 0.2) is 0 Å². The van der Waals surface area contributed by atoms with E-state index in [1.165, 1.54) is 83.5 Å². The lowest BCUT2D eigenvalue weighted by Gasteiger charge is -2.20. The maximum Gasteiger partial charge on any atom is 0.265 e. The predicted molar refractivity (Wildman–Crippen MR) is 107 cm³/mol. The lowest BCUT2D eigenvalue weighted by molar-refractivity contribution is -0.886. The average Bonchev–Trinajstić information content (AvgIpc) is 2.58. The van der Waals surface area contributed by atoms with E-state index < -0.39 is 0 Å². The number of rotatable bonds is 19. The summed E-state index contributed by atoms with van der Waals surface area (Å²) < 4.78 is 0. The second kappa shape index (κ2) is 19.7. The third-order valence-corrected chi connectivity index (χ3v) is 4.76. The van der Waals surface area contributed by atoms with Gasteiger partial charge in [-0.2, -0.15) is 0 Å². The summed E-state index contributed by atoms with van der Waals surface area (Å²) in [6.07, 6.45) is 21.1. The first kappa shape index (κ1) is 24.4. The molecule has 0 saturated heterocycles. The maximum atomic E-state index is 11.5. The minimum absolute atomic E-state index is 0.104. The minimum Gasteiger partial charge on any atom is -0.608 e. The van der Waals surface area contributed by atoms with Gasteiger partial charge in [0.05, 0.1) is 6.54 Å². The van der Waals surface area contributed by atoms with E-state index in [-0.39, 0.29) is 11.1 Å². The van der Waals surface area contributed by atoms with Crippen LogP contribution in [-0.2, 0) is 4.79 Å². The number of amides is 1. The Bertz CT molecular complexity index is 285. The molecule has 0 heterocycles. The first-order chi connectivity index (χ1) is 12.2. The Morgan fingerprint density at radius 1 is 0.680 bits per heavy atom. The fourth-order valence-electron chi connectivity index (χ4n) is 3.16. The SMILES string of the molecule is CCCCCCCCCCCCCCCCCC(=O)N[NH+]([O-])CCC. The molecule has 0 saturated carbocycles. The molecule has 4 heteroatoms. The van der Waals surface area contributed by atoms with Crippen LogP contribution in [0.3, 0.4) is 0 Å². The molecular weight excluding hydrogens is 312 g/mol. The highest BCUT2D eigenvalue weighted by molar-refractivity contribution is 5.74. The predicted octanol–water partition coefficient (Wildman–Crippen LogP) is 5.07. The van der Waals surface area contributed by atoms with Crippen molar-refractivity contribution in [2.24, 2.45) is 0 Å². The summed E-state index contributed by atoms with van der Waals surface area (Å²) in [5.41, 5.74) is 2.45. The highest BCUT2D eigenvalue weighted by Crippen LogP contribution is 2.13. The van der Waals surface area contributed by atoms with Crippen molar-refractivity contribution >= 4 is 5.91 Å². The third-order valence-electron chi connectivity index (χ3n) is 4.76. The molecule has 0 aromatic rings. The Kier molecular flexibility index (Phi) is 19.2. The van der Waals surface area contributed by atoms with Crippen molar-refractivity contribution in [3.05, 3.63) is 5.21 Å². The van der Waals surface area contributed by atoms with Crippen molar-refractivity contribution < 1.29 is 9.97 Å². The molecule has 2 N–H and O–H groups in total. The second-order valence-corrected chi connectivity index (χ2v) is 7.42. The first-order valence-corrected chi connectivity index (χ1v) is 11.0. The lowest BCUT2D eigenvalue weighted by atomic mass is 10.0. The molecular formula is C21H44N2O2. The van der Waals surface area contributed by atoms with Crippen molar-refractivity contribution in [2.75, 3.05) is 6.54 Å². The fourth-order valence-corrected chi connectivity index (χ4v) is 3.16. The van der Waals surface area contributed by atoms with Gasteiger partial charge < -0.3 is 5.21 Å². The van der Waals surface area contributed by atoms with Crippen LogP contribution in [-0.4, -0.2) is 12.5 Å². The molecule has 150 valence electrons. The number of nitrogens with one attached hydrogen (secondary N) is 2. The van der Waals surface area contributed by atoms with E-state index in [9.17, 15) is 10.0 Å². The van der Waals surface area contributed by atoms with Crippen molar-refractivity contribution in [3.63, 3.8) is 0 Å². The van der Waals surface area contributed by atoms with Crippen LogP contribution in [0.1, 0.15) is 123 Å². The molecule has 0 fully saturated rings. The summed E-state index contributed by atoms with van der Waals surface area (Å²) in [7, 11) is 0. The molecule has 0 aliphatic heterocycles. The number of quaternary nitrogens is 1. The molecule has 1 amide bonds. The molecule has 0 aromatic heterocycles. The summed E-state index contributed by atoms with van der Waals surface area (Å²) in [6.45, 7) is 4.66. The molecule has 1 atom stereocenters. The monoisotopic (exact) mass is 356 g/mol. The maximum absolute atomic E-state index is 11.5. The van der Waals surface area contributed by atoms with Crippen molar-refractivity contribution in [3.8, 4) is 0 Å². The Labute approximate surface area is 156 Å². The van der Waals surface area contributed by atoms with Crippen LogP contribution >= 0.6 is 0 Å². The quantitative estimate of drug-likeness (QED) is 0.251. The van der Waals surface area contributed by atoms with Crippen LogP contribution < -0.4 is 10.6 Å². The summed E-state index contributed by atoms with van der Waals surface area (Å²) in [5, 5.41) is 11.2. The zero-order valence-electron chi connectivity index (χ0n) is 17.0. The van der Waals surface area contributed by atoms with E-state index in [1.807, 2.05) is 6.92 Å². The van der Waals surface area contributed by atoms with E-state index in [2.05, 4.69) is 12.3 Å². The van der Waals surface area contributed by atoms with E-state index in [0.29, 0.717) is 13.0 Å². The standard InChI is InChI=1S/C21H44N2O2/c1-3-5-6-7-8-9-10-11-12-13-14-15-16-17-18-19-21(24)22-23(25)20-4-2/h23H,3-20H2,1-2H3,(H,22,24). The smallest absolute Gasteiger partial charge is 0.265 e. The lowest BCUT2D eigenvalue weighted by Crippen LogP contribution is -3.14. The largest absolute Gasteiger partial charge is 0.608 e. The Balaban J connectivity index is 3.15. The van der Waals surface area contributed by atoms with Crippen molar-refractivity contribution in [1.82, 2.24) is 5.43 Å². The highest BCUT2D eigenvalue weighted by Gasteiger charge is 2.04. The van der Waals surface area contributed by atoms with Gasteiger partial charge in [-0.05, 0) is 12.8 Å². The molecule has 1 unspecified atom stereocenters. The normalized spacial score (nSPS) is 12.3. The van der Waals surface area contributed by atoms with Gasteiger partial charge in [0.25, 0.3) is 5.91 Å². The molecule has 0 radical (unpaired) electrons. The van der Waals surface area contributed by atoms with Crippen LogP contribution in [0.5, 0.6) is 0 Å². The summed E-state index contributed by atoms with van der Waals surface area (Å²) >= 11 is 0. The van der Waals surface area contributed by atoms with Crippen molar-refractivity contribution in [1.29, 1.82) is 0 Å². The van der Waals surface area contributed by atoms with Crippen LogP contribution in [0.4, 0.5) is 0 Å². The number of carbonyl (C=O) groups excluding carboxylic acids is 1. The molecule has 0 bridgehead atoms. The Hall–Kier alpha value is -0.610. The van der Waals surface area contributed by atoms with Crippen LogP contribution in [0.2, 0.25) is 0 Å². The van der Waals surface area contributed by atoms with E-state index in [4.69, 9.17) is 0 Å². The fraction of sp³-hybridized carbons (Fsp3) is 0.952. The zero-order chi connectivity index (χ0) is 18.6. The number of hydroxylamine groups is 1.